The molecular weight excluding hydrogens is 356 g/mol. The first-order valence-corrected chi connectivity index (χ1v) is 9.22. The molecule has 0 radical (unpaired) electrons. The smallest absolute Gasteiger partial charge is 0.259 e. The lowest BCUT2D eigenvalue weighted by molar-refractivity contribution is 0.102. The van der Waals surface area contributed by atoms with Crippen LogP contribution in [0.25, 0.3) is 21.7 Å². The molecule has 0 fully saturated rings. The van der Waals surface area contributed by atoms with Crippen LogP contribution >= 0.6 is 22.7 Å². The quantitative estimate of drug-likeness (QED) is 0.571. The predicted octanol–water partition coefficient (Wildman–Crippen LogP) is 4.59. The number of aryl methyl sites for hydroxylation is 3. The number of thiophene rings is 1. The molecule has 0 saturated heterocycles. The summed E-state index contributed by atoms with van der Waals surface area (Å²) >= 11 is 3.05. The maximum Gasteiger partial charge on any atom is 0.259 e. The van der Waals surface area contributed by atoms with E-state index in [0.717, 1.165) is 9.75 Å². The lowest BCUT2D eigenvalue weighted by atomic mass is 10.1. The molecule has 0 saturated carbocycles. The number of hydrogen-bond acceptors (Lipinski definition) is 7. The van der Waals surface area contributed by atoms with Gasteiger partial charge < -0.3 is 4.52 Å². The monoisotopic (exact) mass is 370 g/mol. The summed E-state index contributed by atoms with van der Waals surface area (Å²) < 4.78 is 5.31. The fraction of sp³-hybridized carbons (Fsp3) is 0.176. The van der Waals surface area contributed by atoms with Gasteiger partial charge in [-0.25, -0.2) is 9.97 Å². The minimum Gasteiger partial charge on any atom is -0.335 e. The molecule has 0 aromatic carbocycles. The number of carbonyl (C=O) groups is 1. The number of nitrogens with zero attached hydrogens (tertiary/aromatic N) is 3. The van der Waals surface area contributed by atoms with Gasteiger partial charge >= 0.3 is 0 Å². The van der Waals surface area contributed by atoms with Gasteiger partial charge in [0, 0.05) is 16.0 Å². The van der Waals surface area contributed by atoms with Crippen LogP contribution in [-0.2, 0) is 0 Å². The van der Waals surface area contributed by atoms with E-state index in [9.17, 15) is 4.79 Å². The second kappa shape index (κ2) is 6.05. The summed E-state index contributed by atoms with van der Waals surface area (Å²) in [6, 6.07) is 5.80. The molecule has 0 atom stereocenters. The average Bonchev–Trinajstić information content (AvgIpc) is 3.28. The van der Waals surface area contributed by atoms with Crippen molar-refractivity contribution in [3.05, 3.63) is 45.4 Å². The molecule has 126 valence electrons. The van der Waals surface area contributed by atoms with Crippen molar-refractivity contribution in [1.82, 2.24) is 15.1 Å². The van der Waals surface area contributed by atoms with E-state index < -0.39 is 0 Å². The zero-order chi connectivity index (χ0) is 17.6. The molecule has 0 aliphatic heterocycles. The van der Waals surface area contributed by atoms with Crippen molar-refractivity contribution in [3.8, 4) is 10.6 Å². The molecule has 0 aliphatic rings. The Kier molecular flexibility index (Phi) is 3.85. The summed E-state index contributed by atoms with van der Waals surface area (Å²) in [4.78, 5) is 24.7. The summed E-state index contributed by atoms with van der Waals surface area (Å²) in [6.07, 6.45) is 1.73. The molecule has 4 heterocycles. The minimum atomic E-state index is -0.248. The molecule has 1 amide bonds. The van der Waals surface area contributed by atoms with Crippen LogP contribution in [0.15, 0.2) is 28.9 Å². The molecule has 4 aromatic heterocycles. The number of carbonyl (C=O) groups excluding carboxylic acids is 1. The van der Waals surface area contributed by atoms with Gasteiger partial charge in [-0.05, 0) is 39.0 Å². The zero-order valence-corrected chi connectivity index (χ0v) is 15.4. The zero-order valence-electron chi connectivity index (χ0n) is 13.8. The third-order valence-corrected chi connectivity index (χ3v) is 5.55. The topological polar surface area (TPSA) is 80.9 Å². The van der Waals surface area contributed by atoms with E-state index in [4.69, 9.17) is 4.52 Å². The molecule has 0 spiro atoms. The number of aromatic nitrogens is 3. The third kappa shape index (κ3) is 2.94. The van der Waals surface area contributed by atoms with Gasteiger partial charge in [-0.15, -0.1) is 22.7 Å². The summed E-state index contributed by atoms with van der Waals surface area (Å²) in [6.45, 7) is 5.77. The second-order valence-electron chi connectivity index (χ2n) is 5.64. The van der Waals surface area contributed by atoms with E-state index in [1.807, 2.05) is 26.0 Å². The van der Waals surface area contributed by atoms with Gasteiger partial charge in [-0.1, -0.05) is 5.16 Å². The van der Waals surface area contributed by atoms with E-state index in [0.29, 0.717) is 33.2 Å². The van der Waals surface area contributed by atoms with Crippen LogP contribution < -0.4 is 5.32 Å². The standard InChI is InChI=1S/C17H14N4O2S2/c1-8-4-5-13(24-8)12-6-11(14-10(3)21-23-16(14)19-12)15(22)20-17-18-7-9(2)25-17/h4-7H,1-3H3,(H,18,20,22). The van der Waals surface area contributed by atoms with Gasteiger partial charge in [0.25, 0.3) is 11.6 Å². The van der Waals surface area contributed by atoms with Crippen molar-refractivity contribution in [1.29, 1.82) is 0 Å². The maximum atomic E-state index is 12.8. The first kappa shape index (κ1) is 15.9. The number of fused-ring (bicyclic) bond motifs is 1. The Hall–Kier alpha value is -2.58. The lowest BCUT2D eigenvalue weighted by Crippen LogP contribution is -2.12. The number of nitrogens with one attached hydrogen (secondary N) is 1. The average molecular weight is 370 g/mol. The Morgan fingerprint density at radius 2 is 2.00 bits per heavy atom. The first-order valence-electron chi connectivity index (χ1n) is 7.59. The van der Waals surface area contributed by atoms with Crippen molar-refractivity contribution in [2.75, 3.05) is 5.32 Å². The highest BCUT2D eigenvalue weighted by atomic mass is 32.1. The highest BCUT2D eigenvalue weighted by Gasteiger charge is 2.20. The number of anilines is 1. The summed E-state index contributed by atoms with van der Waals surface area (Å²) in [7, 11) is 0. The van der Waals surface area contributed by atoms with E-state index in [-0.39, 0.29) is 5.91 Å². The van der Waals surface area contributed by atoms with Crippen molar-refractivity contribution in [3.63, 3.8) is 0 Å². The van der Waals surface area contributed by atoms with Crippen LogP contribution in [0.2, 0.25) is 0 Å². The van der Waals surface area contributed by atoms with E-state index in [1.54, 1.807) is 30.5 Å². The minimum absolute atomic E-state index is 0.248. The van der Waals surface area contributed by atoms with Crippen LogP contribution in [0, 0.1) is 20.8 Å². The first-order chi connectivity index (χ1) is 12.0. The molecule has 25 heavy (non-hydrogen) atoms. The van der Waals surface area contributed by atoms with Gasteiger partial charge in [0.2, 0.25) is 0 Å². The number of thiazole rings is 1. The largest absolute Gasteiger partial charge is 0.335 e. The van der Waals surface area contributed by atoms with Crippen LogP contribution in [0.5, 0.6) is 0 Å². The Morgan fingerprint density at radius 1 is 1.16 bits per heavy atom. The van der Waals surface area contributed by atoms with Gasteiger partial charge in [0.15, 0.2) is 5.13 Å². The molecule has 0 bridgehead atoms. The van der Waals surface area contributed by atoms with Crippen molar-refractivity contribution >= 4 is 44.8 Å². The Bertz CT molecular complexity index is 1090. The summed E-state index contributed by atoms with van der Waals surface area (Å²) in [5.74, 6) is -0.248. The van der Waals surface area contributed by atoms with E-state index >= 15 is 0 Å². The predicted molar refractivity (Wildman–Crippen MR) is 99.4 cm³/mol. The molecule has 4 aromatic rings. The summed E-state index contributed by atoms with van der Waals surface area (Å²) in [5.41, 5.74) is 2.18. The number of hydrogen-bond donors (Lipinski definition) is 1. The van der Waals surface area contributed by atoms with Crippen LogP contribution in [-0.4, -0.2) is 21.0 Å². The fourth-order valence-corrected chi connectivity index (χ4v) is 4.04. The SMILES string of the molecule is Cc1ccc(-c2cc(C(=O)Nc3ncc(C)s3)c3c(C)noc3n2)s1. The molecule has 0 aliphatic carbocycles. The van der Waals surface area contributed by atoms with Crippen molar-refractivity contribution in [2.45, 2.75) is 20.8 Å². The lowest BCUT2D eigenvalue weighted by Gasteiger charge is -2.05. The van der Waals surface area contributed by atoms with Gasteiger partial charge in [0.05, 0.1) is 27.2 Å². The van der Waals surface area contributed by atoms with E-state index in [2.05, 4.69) is 20.4 Å². The molecule has 6 nitrogen and oxygen atoms in total. The van der Waals surface area contributed by atoms with Crippen LogP contribution in [0.4, 0.5) is 5.13 Å². The highest BCUT2D eigenvalue weighted by Crippen LogP contribution is 2.31. The van der Waals surface area contributed by atoms with Crippen molar-refractivity contribution < 1.29 is 9.32 Å². The Balaban J connectivity index is 1.82. The van der Waals surface area contributed by atoms with Crippen LogP contribution in [0.1, 0.15) is 25.8 Å². The number of amides is 1. The molecular formula is C17H14N4O2S2. The normalized spacial score (nSPS) is 11.2. The van der Waals surface area contributed by atoms with Gasteiger partial charge in [0.1, 0.15) is 0 Å². The molecule has 0 unspecified atom stereocenters. The third-order valence-electron chi connectivity index (χ3n) is 3.70. The Morgan fingerprint density at radius 3 is 2.68 bits per heavy atom. The maximum absolute atomic E-state index is 12.8. The molecule has 1 N–H and O–H groups in total. The fourth-order valence-electron chi connectivity index (χ4n) is 2.55. The van der Waals surface area contributed by atoms with Crippen molar-refractivity contribution in [2.24, 2.45) is 0 Å². The van der Waals surface area contributed by atoms with Crippen LogP contribution in [0.3, 0.4) is 0 Å². The number of pyridine rings is 1. The number of rotatable bonds is 3. The van der Waals surface area contributed by atoms with E-state index in [1.165, 1.54) is 16.2 Å². The Labute approximate surface area is 151 Å². The molecule has 8 heteroatoms. The van der Waals surface area contributed by atoms with Gasteiger partial charge in [-0.3, -0.25) is 10.1 Å². The van der Waals surface area contributed by atoms with Gasteiger partial charge in [-0.2, -0.15) is 0 Å². The highest BCUT2D eigenvalue weighted by molar-refractivity contribution is 7.15. The summed E-state index contributed by atoms with van der Waals surface area (Å²) in [5, 5.41) is 8.00. The second-order valence-corrected chi connectivity index (χ2v) is 8.17. The molecule has 4 rings (SSSR count).